The highest BCUT2D eigenvalue weighted by atomic mass is 16.4. The van der Waals surface area contributed by atoms with E-state index in [4.69, 9.17) is 0 Å². The standard InChI is InChI=1S/C23H34O4/c1-6-7-8-9-18-14-20(24)19(22(25)21(18)23(26)27)13-12-17(5)16(4)11-10-15(2)3/h10,12,14,16,24-25H,6-9,11,13H2,1-5H3,(H,26,27). The number of phenolic OH excluding ortho intramolecular Hbond substituents is 1. The maximum atomic E-state index is 11.7. The number of rotatable bonds is 10. The molecule has 1 unspecified atom stereocenters. The largest absolute Gasteiger partial charge is 0.508 e. The SMILES string of the molecule is CCCCCc1cc(O)c(CC=C(C)C(C)CC=C(C)C)c(O)c1C(=O)O. The minimum absolute atomic E-state index is 0.0370. The smallest absolute Gasteiger partial charge is 0.339 e. The molecule has 0 spiro atoms. The van der Waals surface area contributed by atoms with Crippen LogP contribution in [0.25, 0.3) is 0 Å². The van der Waals surface area contributed by atoms with Crippen LogP contribution in [0.1, 0.15) is 81.8 Å². The first kappa shape index (κ1) is 22.8. The molecule has 0 fully saturated rings. The average Bonchev–Trinajstić information content (AvgIpc) is 2.58. The van der Waals surface area contributed by atoms with Gasteiger partial charge in [0.1, 0.15) is 17.1 Å². The van der Waals surface area contributed by atoms with E-state index in [1.165, 1.54) is 11.6 Å². The molecule has 1 atom stereocenters. The van der Waals surface area contributed by atoms with E-state index in [1.807, 2.05) is 13.0 Å². The Morgan fingerprint density at radius 1 is 1.15 bits per heavy atom. The summed E-state index contributed by atoms with van der Waals surface area (Å²) in [7, 11) is 0. The van der Waals surface area contributed by atoms with Gasteiger partial charge in [-0.3, -0.25) is 0 Å². The van der Waals surface area contributed by atoms with Crippen molar-refractivity contribution < 1.29 is 20.1 Å². The lowest BCUT2D eigenvalue weighted by molar-refractivity contribution is 0.0692. The van der Waals surface area contributed by atoms with Crippen molar-refractivity contribution in [1.82, 2.24) is 0 Å². The lowest BCUT2D eigenvalue weighted by Gasteiger charge is -2.15. The first-order chi connectivity index (χ1) is 12.7. The molecule has 0 heterocycles. The molecule has 1 aromatic carbocycles. The minimum atomic E-state index is -1.15. The van der Waals surface area contributed by atoms with Crippen molar-refractivity contribution in [2.75, 3.05) is 0 Å². The molecule has 0 amide bonds. The first-order valence-corrected chi connectivity index (χ1v) is 9.78. The molecule has 1 rings (SSSR count). The highest BCUT2D eigenvalue weighted by Gasteiger charge is 2.21. The van der Waals surface area contributed by atoms with Gasteiger partial charge >= 0.3 is 5.97 Å². The van der Waals surface area contributed by atoms with E-state index in [1.54, 1.807) is 0 Å². The van der Waals surface area contributed by atoms with Crippen LogP contribution in [-0.2, 0) is 12.8 Å². The summed E-state index contributed by atoms with van der Waals surface area (Å²) in [6.07, 6.45) is 8.74. The zero-order valence-corrected chi connectivity index (χ0v) is 17.3. The predicted molar refractivity (Wildman–Crippen MR) is 111 cm³/mol. The Hall–Kier alpha value is -2.23. The van der Waals surface area contributed by atoms with Crippen molar-refractivity contribution in [2.24, 2.45) is 5.92 Å². The molecule has 150 valence electrons. The fourth-order valence-corrected chi connectivity index (χ4v) is 3.01. The van der Waals surface area contributed by atoms with E-state index in [2.05, 4.69) is 33.8 Å². The number of benzene rings is 1. The van der Waals surface area contributed by atoms with Gasteiger partial charge in [-0.1, -0.05) is 50.0 Å². The number of hydrogen-bond acceptors (Lipinski definition) is 3. The van der Waals surface area contributed by atoms with Crippen LogP contribution in [0.3, 0.4) is 0 Å². The van der Waals surface area contributed by atoms with E-state index in [0.29, 0.717) is 24.3 Å². The third-order valence-corrected chi connectivity index (χ3v) is 5.01. The number of aromatic hydroxyl groups is 2. The summed E-state index contributed by atoms with van der Waals surface area (Å²) < 4.78 is 0. The van der Waals surface area contributed by atoms with Crippen molar-refractivity contribution >= 4 is 5.97 Å². The molecule has 4 heteroatoms. The number of carbonyl (C=O) groups is 1. The lowest BCUT2D eigenvalue weighted by Crippen LogP contribution is -2.06. The molecule has 0 radical (unpaired) electrons. The third kappa shape index (κ3) is 6.78. The molecule has 0 saturated heterocycles. The van der Waals surface area contributed by atoms with Crippen LogP contribution in [0.2, 0.25) is 0 Å². The first-order valence-electron chi connectivity index (χ1n) is 9.78. The minimum Gasteiger partial charge on any atom is -0.508 e. The van der Waals surface area contributed by atoms with Crippen LogP contribution in [0.5, 0.6) is 11.5 Å². The van der Waals surface area contributed by atoms with E-state index in [-0.39, 0.29) is 22.6 Å². The topological polar surface area (TPSA) is 77.8 Å². The van der Waals surface area contributed by atoms with Crippen LogP contribution in [0.4, 0.5) is 0 Å². The maximum Gasteiger partial charge on any atom is 0.339 e. The third-order valence-electron chi connectivity index (χ3n) is 5.01. The summed E-state index contributed by atoms with van der Waals surface area (Å²) in [5, 5.41) is 30.4. The molecule has 1 aromatic rings. The number of carboxylic acids is 1. The molecular weight excluding hydrogens is 340 g/mol. The predicted octanol–water partition coefficient (Wildman–Crippen LogP) is 6.01. The average molecular weight is 375 g/mol. The second-order valence-electron chi connectivity index (χ2n) is 7.59. The molecule has 4 nitrogen and oxygen atoms in total. The summed E-state index contributed by atoms with van der Waals surface area (Å²) >= 11 is 0. The van der Waals surface area contributed by atoms with Crippen molar-refractivity contribution in [3.8, 4) is 11.5 Å². The fraction of sp³-hybridized carbons (Fsp3) is 0.522. The van der Waals surface area contributed by atoms with Gasteiger partial charge in [0.05, 0.1) is 0 Å². The fourth-order valence-electron chi connectivity index (χ4n) is 3.01. The Balaban J connectivity index is 3.10. The summed E-state index contributed by atoms with van der Waals surface area (Å²) in [5.74, 6) is -1.16. The number of unbranched alkanes of at least 4 members (excludes halogenated alkanes) is 2. The number of allylic oxidation sites excluding steroid dienone is 4. The molecule has 0 aliphatic heterocycles. The Morgan fingerprint density at radius 2 is 1.81 bits per heavy atom. The van der Waals surface area contributed by atoms with Crippen molar-refractivity contribution in [1.29, 1.82) is 0 Å². The van der Waals surface area contributed by atoms with Gasteiger partial charge in [0, 0.05) is 5.56 Å². The van der Waals surface area contributed by atoms with Crippen LogP contribution in [-0.4, -0.2) is 21.3 Å². The van der Waals surface area contributed by atoms with Crippen LogP contribution in [0, 0.1) is 5.92 Å². The number of hydrogen-bond donors (Lipinski definition) is 3. The van der Waals surface area contributed by atoms with Gasteiger partial charge in [-0.25, -0.2) is 4.79 Å². The van der Waals surface area contributed by atoms with Crippen LogP contribution in [0.15, 0.2) is 29.4 Å². The molecule has 27 heavy (non-hydrogen) atoms. The molecular formula is C23H34O4. The van der Waals surface area contributed by atoms with Gasteiger partial charge in [0.25, 0.3) is 0 Å². The second kappa shape index (κ2) is 10.8. The van der Waals surface area contributed by atoms with Crippen molar-refractivity contribution in [3.63, 3.8) is 0 Å². The van der Waals surface area contributed by atoms with E-state index >= 15 is 0 Å². The maximum absolute atomic E-state index is 11.7. The van der Waals surface area contributed by atoms with E-state index in [0.717, 1.165) is 31.3 Å². The highest BCUT2D eigenvalue weighted by molar-refractivity contribution is 5.93. The van der Waals surface area contributed by atoms with Crippen molar-refractivity contribution in [2.45, 2.75) is 73.1 Å². The molecule has 0 bridgehead atoms. The zero-order chi connectivity index (χ0) is 20.6. The van der Waals surface area contributed by atoms with Crippen LogP contribution >= 0.6 is 0 Å². The Bertz CT molecular complexity index is 710. The summed E-state index contributed by atoms with van der Waals surface area (Å²) in [5.41, 5.74) is 3.11. The summed E-state index contributed by atoms with van der Waals surface area (Å²) in [4.78, 5) is 11.7. The Kier molecular flexibility index (Phi) is 9.13. The lowest BCUT2D eigenvalue weighted by atomic mass is 9.93. The normalized spacial score (nSPS) is 12.7. The molecule has 0 saturated carbocycles. The molecule has 0 aliphatic carbocycles. The van der Waals surface area contributed by atoms with Crippen molar-refractivity contribution in [3.05, 3.63) is 46.1 Å². The number of aryl methyl sites for hydroxylation is 1. The van der Waals surface area contributed by atoms with E-state index in [9.17, 15) is 20.1 Å². The van der Waals surface area contributed by atoms with Gasteiger partial charge in [-0.2, -0.15) is 0 Å². The summed E-state index contributed by atoms with van der Waals surface area (Å²) in [6.45, 7) is 10.4. The van der Waals surface area contributed by atoms with Gasteiger partial charge in [-0.05, 0) is 64.0 Å². The number of aromatic carboxylic acids is 1. The molecule has 0 aliphatic rings. The Labute approximate surface area is 163 Å². The number of carboxylic acid groups (broad SMARTS) is 1. The quantitative estimate of drug-likeness (QED) is 0.346. The zero-order valence-electron chi connectivity index (χ0n) is 17.3. The molecule has 3 N–H and O–H groups in total. The second-order valence-corrected chi connectivity index (χ2v) is 7.59. The molecule has 0 aromatic heterocycles. The van der Waals surface area contributed by atoms with E-state index < -0.39 is 5.97 Å². The van der Waals surface area contributed by atoms with Gasteiger partial charge in [0.2, 0.25) is 0 Å². The highest BCUT2D eigenvalue weighted by Crippen LogP contribution is 2.35. The number of phenols is 2. The van der Waals surface area contributed by atoms with Crippen LogP contribution < -0.4 is 0 Å². The summed E-state index contributed by atoms with van der Waals surface area (Å²) in [6, 6.07) is 1.50. The monoisotopic (exact) mass is 374 g/mol. The Morgan fingerprint density at radius 3 is 2.37 bits per heavy atom. The van der Waals surface area contributed by atoms with Gasteiger partial charge in [-0.15, -0.1) is 0 Å². The van der Waals surface area contributed by atoms with Gasteiger partial charge < -0.3 is 15.3 Å². The van der Waals surface area contributed by atoms with Gasteiger partial charge in [0.15, 0.2) is 0 Å².